The first-order valence-electron chi connectivity index (χ1n) is 9.20. The standard InChI is InChI=1S/C19H26FN3O2.ClH/c20-16-9-8-15(22-19(25)13-6-7-14(21)10-13)11-17(16)23-18(24)12-4-2-1-3-5-12;/h8-9,11-14H,1-7,10,21H2,(H,22,25)(H,23,24);1H. The van der Waals surface area contributed by atoms with Crippen LogP contribution < -0.4 is 16.4 Å². The van der Waals surface area contributed by atoms with Crippen molar-refractivity contribution in [2.75, 3.05) is 10.6 Å². The van der Waals surface area contributed by atoms with E-state index in [2.05, 4.69) is 10.6 Å². The minimum Gasteiger partial charge on any atom is -0.328 e. The summed E-state index contributed by atoms with van der Waals surface area (Å²) in [6.45, 7) is 0. The van der Waals surface area contributed by atoms with Crippen LogP contribution >= 0.6 is 12.4 Å². The molecular formula is C19H27ClFN3O2. The summed E-state index contributed by atoms with van der Waals surface area (Å²) in [5.41, 5.74) is 6.46. The second-order valence-electron chi connectivity index (χ2n) is 7.28. The lowest BCUT2D eigenvalue weighted by molar-refractivity contribution is -0.121. The largest absolute Gasteiger partial charge is 0.328 e. The predicted octanol–water partition coefficient (Wildman–Crippen LogP) is 3.83. The molecule has 0 saturated heterocycles. The van der Waals surface area contributed by atoms with Gasteiger partial charge in [-0.3, -0.25) is 9.59 Å². The molecule has 2 amide bonds. The van der Waals surface area contributed by atoms with Crippen LogP contribution in [0, 0.1) is 17.7 Å². The number of amides is 2. The Bertz CT molecular complexity index is 650. The fourth-order valence-corrected chi connectivity index (χ4v) is 3.80. The van der Waals surface area contributed by atoms with Crippen molar-refractivity contribution in [3.05, 3.63) is 24.0 Å². The number of halogens is 2. The van der Waals surface area contributed by atoms with Gasteiger partial charge in [-0.25, -0.2) is 4.39 Å². The quantitative estimate of drug-likeness (QED) is 0.738. The van der Waals surface area contributed by atoms with E-state index in [0.29, 0.717) is 12.1 Å². The smallest absolute Gasteiger partial charge is 0.227 e. The number of hydrogen-bond donors (Lipinski definition) is 3. The van der Waals surface area contributed by atoms with Gasteiger partial charge in [0.15, 0.2) is 0 Å². The first kappa shape index (κ1) is 20.6. The Morgan fingerprint density at radius 3 is 2.31 bits per heavy atom. The number of carbonyl (C=O) groups excluding carboxylic acids is 2. The van der Waals surface area contributed by atoms with Crippen LogP contribution in [-0.2, 0) is 9.59 Å². The van der Waals surface area contributed by atoms with Gasteiger partial charge in [0, 0.05) is 23.6 Å². The van der Waals surface area contributed by atoms with Crippen LogP contribution in [0.4, 0.5) is 15.8 Å². The van der Waals surface area contributed by atoms with Crippen molar-refractivity contribution in [3.63, 3.8) is 0 Å². The van der Waals surface area contributed by atoms with Crippen molar-refractivity contribution in [1.29, 1.82) is 0 Å². The Hall–Kier alpha value is -1.66. The van der Waals surface area contributed by atoms with Crippen LogP contribution in [0.15, 0.2) is 18.2 Å². The first-order valence-corrected chi connectivity index (χ1v) is 9.20. The fourth-order valence-electron chi connectivity index (χ4n) is 3.80. The molecule has 2 saturated carbocycles. The third-order valence-corrected chi connectivity index (χ3v) is 5.31. The van der Waals surface area contributed by atoms with Gasteiger partial charge in [-0.2, -0.15) is 0 Å². The zero-order valence-electron chi connectivity index (χ0n) is 14.8. The molecule has 26 heavy (non-hydrogen) atoms. The van der Waals surface area contributed by atoms with Gasteiger partial charge >= 0.3 is 0 Å². The van der Waals surface area contributed by atoms with E-state index in [4.69, 9.17) is 5.73 Å². The zero-order valence-corrected chi connectivity index (χ0v) is 15.6. The molecule has 0 aliphatic heterocycles. The van der Waals surface area contributed by atoms with Crippen LogP contribution in [0.2, 0.25) is 0 Å². The van der Waals surface area contributed by atoms with E-state index < -0.39 is 5.82 Å². The molecule has 0 aromatic heterocycles. The van der Waals surface area contributed by atoms with Crippen molar-refractivity contribution in [2.45, 2.75) is 57.4 Å². The number of carbonyl (C=O) groups is 2. The topological polar surface area (TPSA) is 84.2 Å². The number of rotatable bonds is 4. The average molecular weight is 384 g/mol. The minimum absolute atomic E-state index is 0. The highest BCUT2D eigenvalue weighted by atomic mass is 35.5. The number of benzene rings is 1. The third-order valence-electron chi connectivity index (χ3n) is 5.31. The van der Waals surface area contributed by atoms with E-state index in [0.717, 1.165) is 44.9 Å². The van der Waals surface area contributed by atoms with E-state index in [1.807, 2.05) is 0 Å². The minimum atomic E-state index is -0.495. The van der Waals surface area contributed by atoms with E-state index >= 15 is 0 Å². The molecule has 2 unspecified atom stereocenters. The molecule has 4 N–H and O–H groups in total. The highest BCUT2D eigenvalue weighted by Crippen LogP contribution is 2.28. The molecular weight excluding hydrogens is 357 g/mol. The van der Waals surface area contributed by atoms with Gasteiger partial charge < -0.3 is 16.4 Å². The van der Waals surface area contributed by atoms with E-state index in [1.165, 1.54) is 18.2 Å². The monoisotopic (exact) mass is 383 g/mol. The Morgan fingerprint density at radius 2 is 1.65 bits per heavy atom. The molecule has 1 aromatic rings. The number of hydrogen-bond acceptors (Lipinski definition) is 3. The van der Waals surface area contributed by atoms with Crippen LogP contribution in [0.3, 0.4) is 0 Å². The molecule has 2 fully saturated rings. The Morgan fingerprint density at radius 1 is 0.962 bits per heavy atom. The van der Waals surface area contributed by atoms with E-state index in [-0.39, 0.29) is 47.8 Å². The molecule has 0 bridgehead atoms. The molecule has 0 heterocycles. The van der Waals surface area contributed by atoms with Crippen molar-refractivity contribution in [3.8, 4) is 0 Å². The highest BCUT2D eigenvalue weighted by Gasteiger charge is 2.28. The molecule has 1 aromatic carbocycles. The Balaban J connectivity index is 0.00000243. The lowest BCUT2D eigenvalue weighted by Crippen LogP contribution is -2.25. The Labute approximate surface area is 159 Å². The number of nitrogens with one attached hydrogen (secondary N) is 2. The van der Waals surface area contributed by atoms with Gasteiger partial charge in [-0.1, -0.05) is 19.3 Å². The molecule has 2 aliphatic rings. The van der Waals surface area contributed by atoms with Gasteiger partial charge in [0.05, 0.1) is 5.69 Å². The Kier molecular flexibility index (Phi) is 7.41. The molecule has 144 valence electrons. The summed E-state index contributed by atoms with van der Waals surface area (Å²) in [6, 6.07) is 4.35. The second-order valence-corrected chi connectivity index (χ2v) is 7.28. The van der Waals surface area contributed by atoms with E-state index in [1.54, 1.807) is 0 Å². The van der Waals surface area contributed by atoms with Gasteiger partial charge in [-0.05, 0) is 50.3 Å². The molecule has 7 heteroatoms. The van der Waals surface area contributed by atoms with Crippen molar-refractivity contribution in [1.82, 2.24) is 0 Å². The lowest BCUT2D eigenvalue weighted by atomic mass is 9.88. The maximum absolute atomic E-state index is 14.0. The normalized spacial score (nSPS) is 23.2. The summed E-state index contributed by atoms with van der Waals surface area (Å²) in [6.07, 6.45) is 7.25. The maximum Gasteiger partial charge on any atom is 0.227 e. The molecule has 5 nitrogen and oxygen atoms in total. The van der Waals surface area contributed by atoms with Crippen molar-refractivity contribution in [2.24, 2.45) is 17.6 Å². The van der Waals surface area contributed by atoms with E-state index in [9.17, 15) is 14.0 Å². The zero-order chi connectivity index (χ0) is 17.8. The molecule has 2 atom stereocenters. The summed E-state index contributed by atoms with van der Waals surface area (Å²) in [5.74, 6) is -0.871. The van der Waals surface area contributed by atoms with Crippen molar-refractivity contribution < 1.29 is 14.0 Å². The van der Waals surface area contributed by atoms with Gasteiger partial charge in [0.2, 0.25) is 11.8 Å². The highest BCUT2D eigenvalue weighted by molar-refractivity contribution is 5.96. The lowest BCUT2D eigenvalue weighted by Gasteiger charge is -2.21. The predicted molar refractivity (Wildman–Crippen MR) is 103 cm³/mol. The van der Waals surface area contributed by atoms with Crippen molar-refractivity contribution >= 4 is 35.6 Å². The average Bonchev–Trinajstić information content (AvgIpc) is 3.05. The molecule has 2 aliphatic carbocycles. The fraction of sp³-hybridized carbons (Fsp3) is 0.579. The van der Waals surface area contributed by atoms with Gasteiger partial charge in [0.1, 0.15) is 5.82 Å². The summed E-state index contributed by atoms with van der Waals surface area (Å²) >= 11 is 0. The summed E-state index contributed by atoms with van der Waals surface area (Å²) in [4.78, 5) is 24.6. The molecule has 3 rings (SSSR count). The molecule has 0 radical (unpaired) electrons. The third kappa shape index (κ3) is 5.17. The van der Waals surface area contributed by atoms with Gasteiger partial charge in [-0.15, -0.1) is 12.4 Å². The van der Waals surface area contributed by atoms with Crippen LogP contribution in [0.25, 0.3) is 0 Å². The summed E-state index contributed by atoms with van der Waals surface area (Å²) in [5, 5.41) is 5.50. The SMILES string of the molecule is Cl.NC1CCC(C(=O)Nc2ccc(F)c(NC(=O)C3CCCCC3)c2)C1. The van der Waals surface area contributed by atoms with Crippen LogP contribution in [-0.4, -0.2) is 17.9 Å². The van der Waals surface area contributed by atoms with Gasteiger partial charge in [0.25, 0.3) is 0 Å². The summed E-state index contributed by atoms with van der Waals surface area (Å²) < 4.78 is 14.0. The first-order chi connectivity index (χ1) is 12.0. The maximum atomic E-state index is 14.0. The van der Waals surface area contributed by atoms with Crippen LogP contribution in [0.1, 0.15) is 51.4 Å². The molecule has 0 spiro atoms. The summed E-state index contributed by atoms with van der Waals surface area (Å²) in [7, 11) is 0. The number of nitrogens with two attached hydrogens (primary N) is 1. The number of anilines is 2. The van der Waals surface area contributed by atoms with Crippen LogP contribution in [0.5, 0.6) is 0 Å². The second kappa shape index (κ2) is 9.33.